The molecule has 3 N–H and O–H groups in total. The second-order valence-electron chi connectivity index (χ2n) is 6.61. The van der Waals surface area contributed by atoms with Gasteiger partial charge < -0.3 is 5.73 Å². The number of aromatic nitrogens is 3. The highest BCUT2D eigenvalue weighted by atomic mass is 35.5. The second-order valence-corrected chi connectivity index (χ2v) is 6.61. The van der Waals surface area contributed by atoms with Crippen LogP contribution in [0.25, 0.3) is 11.3 Å². The smallest absolute Gasteiger partial charge is 0.0939 e. The van der Waals surface area contributed by atoms with Crippen LogP contribution in [-0.2, 0) is 6.54 Å². The molecule has 22 heavy (non-hydrogen) atoms. The molecule has 0 aromatic carbocycles. The number of pyridine rings is 1. The van der Waals surface area contributed by atoms with E-state index in [0.717, 1.165) is 43.0 Å². The van der Waals surface area contributed by atoms with E-state index in [-0.39, 0.29) is 17.8 Å². The monoisotopic (exact) mass is 321 g/mol. The Bertz CT molecular complexity index is 596. The maximum atomic E-state index is 6.19. The van der Waals surface area contributed by atoms with E-state index >= 15 is 0 Å². The van der Waals surface area contributed by atoms with Crippen LogP contribution in [0.2, 0.25) is 0 Å². The molecule has 5 nitrogen and oxygen atoms in total. The predicted octanol–water partition coefficient (Wildman–Crippen LogP) is 2.45. The molecule has 1 atom stereocenters. The first kappa shape index (κ1) is 16.9. The molecular weight excluding hydrogens is 298 g/mol. The van der Waals surface area contributed by atoms with Gasteiger partial charge in [-0.25, -0.2) is 0 Å². The van der Waals surface area contributed by atoms with Gasteiger partial charge in [-0.2, -0.15) is 5.10 Å². The molecule has 3 rings (SSSR count). The van der Waals surface area contributed by atoms with Gasteiger partial charge >= 0.3 is 0 Å². The van der Waals surface area contributed by atoms with Gasteiger partial charge in [0.1, 0.15) is 0 Å². The molecular formula is C16H24ClN5. The summed E-state index contributed by atoms with van der Waals surface area (Å²) in [6.07, 6.45) is 4.66. The van der Waals surface area contributed by atoms with Gasteiger partial charge in [-0.1, -0.05) is 13.8 Å². The van der Waals surface area contributed by atoms with E-state index in [1.807, 2.05) is 18.3 Å². The third-order valence-electron chi connectivity index (χ3n) is 4.37. The Morgan fingerprint density at radius 2 is 2.27 bits per heavy atom. The van der Waals surface area contributed by atoms with Crippen molar-refractivity contribution in [2.24, 2.45) is 11.1 Å². The van der Waals surface area contributed by atoms with Gasteiger partial charge in [0.2, 0.25) is 0 Å². The number of piperidine rings is 1. The number of H-pyrrole nitrogens is 1. The predicted molar refractivity (Wildman–Crippen MR) is 90.7 cm³/mol. The number of nitrogens with zero attached hydrogens (tertiary/aromatic N) is 3. The topological polar surface area (TPSA) is 70.8 Å². The molecule has 1 aliphatic rings. The highest BCUT2D eigenvalue weighted by Crippen LogP contribution is 2.28. The number of hydrogen-bond acceptors (Lipinski definition) is 4. The van der Waals surface area contributed by atoms with Gasteiger partial charge in [-0.3, -0.25) is 15.0 Å². The Labute approximate surface area is 137 Å². The van der Waals surface area contributed by atoms with E-state index in [1.54, 1.807) is 6.20 Å². The first-order valence-corrected chi connectivity index (χ1v) is 7.47. The van der Waals surface area contributed by atoms with Crippen LogP contribution in [0.3, 0.4) is 0 Å². The zero-order chi connectivity index (χ0) is 14.9. The Kier molecular flexibility index (Phi) is 5.21. The van der Waals surface area contributed by atoms with Crippen LogP contribution >= 0.6 is 12.4 Å². The largest absolute Gasteiger partial charge is 0.327 e. The summed E-state index contributed by atoms with van der Waals surface area (Å²) < 4.78 is 0. The fourth-order valence-corrected chi connectivity index (χ4v) is 2.97. The molecule has 0 radical (unpaired) electrons. The van der Waals surface area contributed by atoms with Crippen LogP contribution in [0.4, 0.5) is 0 Å². The van der Waals surface area contributed by atoms with Gasteiger partial charge in [0.25, 0.3) is 0 Å². The number of rotatable bonds is 3. The van der Waals surface area contributed by atoms with Gasteiger partial charge in [0.15, 0.2) is 0 Å². The highest BCUT2D eigenvalue weighted by Gasteiger charge is 2.33. The number of hydrogen-bond donors (Lipinski definition) is 2. The molecule has 2 aromatic rings. The summed E-state index contributed by atoms with van der Waals surface area (Å²) in [7, 11) is 0. The van der Waals surface area contributed by atoms with E-state index < -0.39 is 0 Å². The minimum absolute atomic E-state index is 0. The average molecular weight is 322 g/mol. The zero-order valence-corrected chi connectivity index (χ0v) is 13.9. The van der Waals surface area contributed by atoms with Crippen molar-refractivity contribution >= 4 is 12.4 Å². The van der Waals surface area contributed by atoms with Gasteiger partial charge in [-0.15, -0.1) is 12.4 Å². The number of nitrogens with two attached hydrogens (primary N) is 1. The lowest BCUT2D eigenvalue weighted by atomic mass is 9.80. The zero-order valence-electron chi connectivity index (χ0n) is 13.1. The number of nitrogens with one attached hydrogen (secondary N) is 1. The fraction of sp³-hybridized carbons (Fsp3) is 0.500. The standard InChI is InChI=1S/C16H23N5.ClH/c1-16(2)11-21(7-5-15(16)17)10-13-8-14(20-19-13)12-4-3-6-18-9-12;/h3-4,6,8-9,15H,5,7,10-11,17H2,1-2H3,(H,19,20);1H. The third-order valence-corrected chi connectivity index (χ3v) is 4.37. The van der Waals surface area contributed by atoms with E-state index in [1.165, 1.54) is 0 Å². The Hall–Kier alpha value is -1.43. The molecule has 1 aliphatic heterocycles. The van der Waals surface area contributed by atoms with Gasteiger partial charge in [0.05, 0.1) is 5.69 Å². The first-order chi connectivity index (χ1) is 10.0. The fourth-order valence-electron chi connectivity index (χ4n) is 2.97. The molecule has 6 heteroatoms. The number of halogens is 1. The maximum absolute atomic E-state index is 6.19. The van der Waals surface area contributed by atoms with E-state index in [2.05, 4.69) is 40.0 Å². The van der Waals surface area contributed by atoms with Gasteiger partial charge in [-0.05, 0) is 30.0 Å². The summed E-state index contributed by atoms with van der Waals surface area (Å²) in [6.45, 7) is 7.46. The summed E-state index contributed by atoms with van der Waals surface area (Å²) >= 11 is 0. The van der Waals surface area contributed by atoms with Crippen LogP contribution in [0.15, 0.2) is 30.6 Å². The van der Waals surface area contributed by atoms with Crippen molar-refractivity contribution in [3.05, 3.63) is 36.3 Å². The molecule has 0 saturated carbocycles. The number of likely N-dealkylation sites (tertiary alicyclic amines) is 1. The normalized spacial score (nSPS) is 21.3. The van der Waals surface area contributed by atoms with Crippen LogP contribution in [0.5, 0.6) is 0 Å². The SMILES string of the molecule is CC1(C)CN(Cc2cc(-c3cccnc3)n[nH]2)CCC1N.Cl. The molecule has 120 valence electrons. The summed E-state index contributed by atoms with van der Waals surface area (Å²) in [6, 6.07) is 6.36. The van der Waals surface area contributed by atoms with Crippen LogP contribution < -0.4 is 5.73 Å². The molecule has 1 unspecified atom stereocenters. The molecule has 0 bridgehead atoms. The van der Waals surface area contributed by atoms with Crippen molar-refractivity contribution < 1.29 is 0 Å². The molecule has 2 aromatic heterocycles. The first-order valence-electron chi connectivity index (χ1n) is 7.47. The summed E-state index contributed by atoms with van der Waals surface area (Å²) in [5, 5.41) is 7.53. The van der Waals surface area contributed by atoms with E-state index in [4.69, 9.17) is 5.73 Å². The second kappa shape index (κ2) is 6.77. The lowest BCUT2D eigenvalue weighted by Gasteiger charge is -2.42. The third kappa shape index (κ3) is 3.66. The van der Waals surface area contributed by atoms with Crippen molar-refractivity contribution in [3.8, 4) is 11.3 Å². The summed E-state index contributed by atoms with van der Waals surface area (Å²) in [4.78, 5) is 6.58. The molecule has 0 amide bonds. The minimum Gasteiger partial charge on any atom is -0.327 e. The van der Waals surface area contributed by atoms with Crippen molar-refractivity contribution in [2.75, 3.05) is 13.1 Å². The quantitative estimate of drug-likeness (QED) is 0.911. The van der Waals surface area contributed by atoms with Crippen molar-refractivity contribution in [1.82, 2.24) is 20.1 Å². The number of aromatic amines is 1. The molecule has 0 aliphatic carbocycles. The van der Waals surface area contributed by atoms with Crippen molar-refractivity contribution in [1.29, 1.82) is 0 Å². The van der Waals surface area contributed by atoms with E-state index in [9.17, 15) is 0 Å². The van der Waals surface area contributed by atoms with E-state index in [0.29, 0.717) is 6.04 Å². The lowest BCUT2D eigenvalue weighted by Crippen LogP contribution is -2.52. The molecule has 0 spiro atoms. The minimum atomic E-state index is 0. The summed E-state index contributed by atoms with van der Waals surface area (Å²) in [5.74, 6) is 0. The van der Waals surface area contributed by atoms with Gasteiger partial charge in [0, 0.05) is 49.3 Å². The molecule has 1 fully saturated rings. The maximum Gasteiger partial charge on any atom is 0.0939 e. The Morgan fingerprint density at radius 3 is 2.95 bits per heavy atom. The van der Waals surface area contributed by atoms with Crippen LogP contribution in [-0.4, -0.2) is 39.2 Å². The van der Waals surface area contributed by atoms with Crippen molar-refractivity contribution in [2.45, 2.75) is 32.9 Å². The highest BCUT2D eigenvalue weighted by molar-refractivity contribution is 5.85. The molecule has 1 saturated heterocycles. The Morgan fingerprint density at radius 1 is 1.45 bits per heavy atom. The Balaban J connectivity index is 0.00000176. The lowest BCUT2D eigenvalue weighted by molar-refractivity contribution is 0.0889. The van der Waals surface area contributed by atoms with Crippen LogP contribution in [0, 0.1) is 5.41 Å². The van der Waals surface area contributed by atoms with Crippen LogP contribution in [0.1, 0.15) is 26.0 Å². The van der Waals surface area contributed by atoms with Crippen molar-refractivity contribution in [3.63, 3.8) is 0 Å². The average Bonchev–Trinajstić information content (AvgIpc) is 2.92. The summed E-state index contributed by atoms with van der Waals surface area (Å²) in [5.41, 5.74) is 9.50. The molecule has 3 heterocycles.